The van der Waals surface area contributed by atoms with Crippen LogP contribution in [-0.2, 0) is 11.4 Å². The Hall–Kier alpha value is -0.450. The van der Waals surface area contributed by atoms with Crippen molar-refractivity contribution in [3.05, 3.63) is 34.1 Å². The molecule has 2 N–H and O–H groups in total. The minimum absolute atomic E-state index is 0.0886. The lowest BCUT2D eigenvalue weighted by molar-refractivity contribution is 0.121. The highest BCUT2D eigenvalue weighted by molar-refractivity contribution is 9.10. The van der Waals surface area contributed by atoms with Crippen molar-refractivity contribution < 1.29 is 9.23 Å². The van der Waals surface area contributed by atoms with Crippen LogP contribution in [-0.4, -0.2) is 0 Å². The molecule has 0 heterocycles. The van der Waals surface area contributed by atoms with E-state index in [0.29, 0.717) is 10.0 Å². The summed E-state index contributed by atoms with van der Waals surface area (Å²) in [6, 6.07) is 4.96. The molecule has 0 atom stereocenters. The highest BCUT2D eigenvalue weighted by atomic mass is 79.9. The molecule has 0 fully saturated rings. The Balaban J connectivity index is 2.96. The summed E-state index contributed by atoms with van der Waals surface area (Å²) < 4.78 is 13.4. The van der Waals surface area contributed by atoms with Gasteiger partial charge < -0.3 is 0 Å². The zero-order chi connectivity index (χ0) is 8.27. The van der Waals surface area contributed by atoms with Gasteiger partial charge in [-0.15, -0.1) is 0 Å². The molecule has 60 valence electrons. The third-order valence-corrected chi connectivity index (χ3v) is 1.88. The Kier molecular flexibility index (Phi) is 2.99. The van der Waals surface area contributed by atoms with Crippen molar-refractivity contribution in [3.8, 4) is 0 Å². The first-order valence-electron chi connectivity index (χ1n) is 3.00. The molecular weight excluding hydrogens is 213 g/mol. The Labute approximate surface area is 72.2 Å². The number of benzene rings is 1. The summed E-state index contributed by atoms with van der Waals surface area (Å²) in [6.07, 6.45) is 0. The largest absolute Gasteiger partial charge is 0.300 e. The van der Waals surface area contributed by atoms with E-state index in [1.165, 1.54) is 0 Å². The van der Waals surface area contributed by atoms with Crippen LogP contribution in [0.4, 0.5) is 4.39 Å². The van der Waals surface area contributed by atoms with Gasteiger partial charge >= 0.3 is 0 Å². The molecule has 0 aromatic heterocycles. The summed E-state index contributed by atoms with van der Waals surface area (Å²) in [5.41, 5.74) is 0.446. The van der Waals surface area contributed by atoms with Crippen LogP contribution in [0, 0.1) is 5.82 Å². The molecule has 0 bridgehead atoms. The van der Waals surface area contributed by atoms with Gasteiger partial charge in [0.25, 0.3) is 0 Å². The number of nitrogens with two attached hydrogens (primary N) is 1. The molecule has 0 unspecified atom stereocenters. The average Bonchev–Trinajstić information content (AvgIpc) is 1.99. The standard InChI is InChI=1S/C7H7BrFNO/c8-6-3-1-2-5(4-11-10)7(6)9/h1-3H,4,10H2. The predicted octanol–water partition coefficient (Wildman–Crippen LogP) is 1.98. The number of hydrogen-bond acceptors (Lipinski definition) is 2. The zero-order valence-corrected chi connectivity index (χ0v) is 7.27. The van der Waals surface area contributed by atoms with Crippen molar-refractivity contribution in [3.63, 3.8) is 0 Å². The molecule has 0 saturated heterocycles. The highest BCUT2D eigenvalue weighted by Gasteiger charge is 2.04. The van der Waals surface area contributed by atoms with E-state index in [-0.39, 0.29) is 12.4 Å². The third kappa shape index (κ3) is 1.99. The van der Waals surface area contributed by atoms with Gasteiger partial charge in [-0.1, -0.05) is 12.1 Å². The molecule has 0 aliphatic carbocycles. The molecule has 1 aromatic rings. The van der Waals surface area contributed by atoms with E-state index < -0.39 is 0 Å². The number of rotatable bonds is 2. The molecule has 0 spiro atoms. The average molecular weight is 220 g/mol. The van der Waals surface area contributed by atoms with Gasteiger partial charge in [-0.2, -0.15) is 0 Å². The van der Waals surface area contributed by atoms with Gasteiger partial charge in [0.05, 0.1) is 11.1 Å². The lowest BCUT2D eigenvalue weighted by Crippen LogP contribution is -2.01. The Morgan fingerprint density at radius 1 is 1.55 bits per heavy atom. The second-order valence-corrected chi connectivity index (χ2v) is 2.88. The maximum absolute atomic E-state index is 13.0. The number of hydrogen-bond donors (Lipinski definition) is 1. The van der Waals surface area contributed by atoms with E-state index >= 15 is 0 Å². The molecule has 0 radical (unpaired) electrons. The highest BCUT2D eigenvalue weighted by Crippen LogP contribution is 2.18. The minimum Gasteiger partial charge on any atom is -0.300 e. The van der Waals surface area contributed by atoms with Gasteiger partial charge in [0.1, 0.15) is 5.82 Å². The Morgan fingerprint density at radius 3 is 2.91 bits per heavy atom. The van der Waals surface area contributed by atoms with Crippen LogP contribution >= 0.6 is 15.9 Å². The van der Waals surface area contributed by atoms with Crippen LogP contribution in [0.5, 0.6) is 0 Å². The zero-order valence-electron chi connectivity index (χ0n) is 5.68. The first-order valence-corrected chi connectivity index (χ1v) is 3.79. The van der Waals surface area contributed by atoms with Gasteiger partial charge in [-0.05, 0) is 22.0 Å². The predicted molar refractivity (Wildman–Crippen MR) is 43.1 cm³/mol. The molecule has 1 rings (SSSR count). The maximum atomic E-state index is 13.0. The fraction of sp³-hybridized carbons (Fsp3) is 0.143. The van der Waals surface area contributed by atoms with E-state index in [2.05, 4.69) is 20.8 Å². The van der Waals surface area contributed by atoms with Crippen LogP contribution in [0.25, 0.3) is 0 Å². The van der Waals surface area contributed by atoms with Crippen molar-refractivity contribution in [2.75, 3.05) is 0 Å². The first kappa shape index (κ1) is 8.64. The molecular formula is C7H7BrFNO. The minimum atomic E-state index is -0.321. The molecule has 4 heteroatoms. The lowest BCUT2D eigenvalue weighted by atomic mass is 10.2. The van der Waals surface area contributed by atoms with Gasteiger partial charge in [0.2, 0.25) is 0 Å². The Bertz CT molecular complexity index is 254. The second kappa shape index (κ2) is 3.80. The van der Waals surface area contributed by atoms with E-state index in [0.717, 1.165) is 0 Å². The van der Waals surface area contributed by atoms with Gasteiger partial charge in [0.15, 0.2) is 0 Å². The summed E-state index contributed by atoms with van der Waals surface area (Å²) in [7, 11) is 0. The summed E-state index contributed by atoms with van der Waals surface area (Å²) in [5.74, 6) is 4.48. The van der Waals surface area contributed by atoms with Crippen LogP contribution in [0.15, 0.2) is 22.7 Å². The molecule has 11 heavy (non-hydrogen) atoms. The van der Waals surface area contributed by atoms with E-state index in [9.17, 15) is 4.39 Å². The SMILES string of the molecule is NOCc1cccc(Br)c1F. The van der Waals surface area contributed by atoms with E-state index in [4.69, 9.17) is 5.90 Å². The third-order valence-electron chi connectivity index (χ3n) is 1.27. The van der Waals surface area contributed by atoms with Crippen LogP contribution in [0.2, 0.25) is 0 Å². The van der Waals surface area contributed by atoms with Crippen molar-refractivity contribution >= 4 is 15.9 Å². The van der Waals surface area contributed by atoms with Crippen LogP contribution in [0.1, 0.15) is 5.56 Å². The molecule has 0 aliphatic heterocycles. The topological polar surface area (TPSA) is 35.2 Å². The Morgan fingerprint density at radius 2 is 2.27 bits per heavy atom. The fourth-order valence-electron chi connectivity index (χ4n) is 0.750. The molecule has 2 nitrogen and oxygen atoms in total. The van der Waals surface area contributed by atoms with Crippen molar-refractivity contribution in [2.24, 2.45) is 5.90 Å². The summed E-state index contributed by atoms with van der Waals surface area (Å²) >= 11 is 3.04. The molecule has 0 saturated carbocycles. The summed E-state index contributed by atoms with van der Waals surface area (Å²) in [5, 5.41) is 0. The van der Waals surface area contributed by atoms with Gasteiger partial charge in [0, 0.05) is 5.56 Å². The lowest BCUT2D eigenvalue weighted by Gasteiger charge is -2.01. The van der Waals surface area contributed by atoms with Crippen LogP contribution in [0.3, 0.4) is 0 Å². The van der Waals surface area contributed by atoms with Crippen LogP contribution < -0.4 is 5.90 Å². The van der Waals surface area contributed by atoms with Crippen molar-refractivity contribution in [1.29, 1.82) is 0 Å². The van der Waals surface area contributed by atoms with Crippen molar-refractivity contribution in [1.82, 2.24) is 0 Å². The molecule has 0 aliphatic rings. The molecule has 1 aromatic carbocycles. The second-order valence-electron chi connectivity index (χ2n) is 2.02. The summed E-state index contributed by atoms with van der Waals surface area (Å²) in [6.45, 7) is 0.0886. The number of halogens is 2. The monoisotopic (exact) mass is 219 g/mol. The van der Waals surface area contributed by atoms with Crippen molar-refractivity contribution in [2.45, 2.75) is 6.61 Å². The fourth-order valence-corrected chi connectivity index (χ4v) is 1.16. The van der Waals surface area contributed by atoms with Gasteiger partial charge in [-0.3, -0.25) is 4.84 Å². The quantitative estimate of drug-likeness (QED) is 0.773. The molecule has 0 amide bonds. The smallest absolute Gasteiger partial charge is 0.142 e. The van der Waals surface area contributed by atoms with Gasteiger partial charge in [-0.25, -0.2) is 10.3 Å². The first-order chi connectivity index (χ1) is 5.25. The van der Waals surface area contributed by atoms with E-state index in [1.54, 1.807) is 18.2 Å². The maximum Gasteiger partial charge on any atom is 0.142 e. The van der Waals surface area contributed by atoms with E-state index in [1.807, 2.05) is 0 Å². The normalized spacial score (nSPS) is 10.1. The summed E-state index contributed by atoms with van der Waals surface area (Å²) in [4.78, 5) is 4.30.